The maximum atomic E-state index is 5.67. The topological polar surface area (TPSA) is 38.4 Å². The number of quaternary nitrogens is 1. The highest BCUT2D eigenvalue weighted by Gasteiger charge is 2.35. The Kier molecular flexibility index (Phi) is 1.81. The van der Waals surface area contributed by atoms with Crippen LogP contribution in [0, 0.1) is 0 Å². The minimum Gasteiger partial charge on any atom is -0.383 e. The average molecular weight is 172 g/mol. The van der Waals surface area contributed by atoms with E-state index in [1.54, 1.807) is 0 Å². The van der Waals surface area contributed by atoms with Gasteiger partial charge in [0.25, 0.3) is 0 Å². The lowest BCUT2D eigenvalue weighted by molar-refractivity contribution is -0.925. The maximum Gasteiger partial charge on any atom is 0.161 e. The normalized spacial score (nSPS) is 28.9. The molecule has 2 heterocycles. The molecule has 0 aromatic carbocycles. The van der Waals surface area contributed by atoms with Crippen LogP contribution >= 0.6 is 11.8 Å². The van der Waals surface area contributed by atoms with E-state index in [9.17, 15) is 0 Å². The standard InChI is InChI=1S/C7H14N3S/c8-7-1-2-10(9-7)3-5-11-6-4-10/h1-6H2,(H2,8,9)/q+1. The Hall–Kier alpha value is -0.220. The first-order chi connectivity index (χ1) is 5.31. The smallest absolute Gasteiger partial charge is 0.161 e. The molecule has 2 rings (SSSR count). The lowest BCUT2D eigenvalue weighted by Crippen LogP contribution is -2.47. The van der Waals surface area contributed by atoms with Gasteiger partial charge in [0.1, 0.15) is 19.6 Å². The van der Waals surface area contributed by atoms with Crippen LogP contribution in [0.5, 0.6) is 0 Å². The predicted molar refractivity (Wildman–Crippen MR) is 48.4 cm³/mol. The van der Waals surface area contributed by atoms with E-state index in [0.717, 1.165) is 23.4 Å². The first-order valence-corrected chi connectivity index (χ1v) is 5.25. The fourth-order valence-corrected chi connectivity index (χ4v) is 2.84. The van der Waals surface area contributed by atoms with Crippen molar-refractivity contribution in [3.8, 4) is 0 Å². The van der Waals surface area contributed by atoms with Gasteiger partial charge < -0.3 is 5.73 Å². The van der Waals surface area contributed by atoms with Gasteiger partial charge in [0.15, 0.2) is 5.84 Å². The van der Waals surface area contributed by atoms with Crippen LogP contribution in [-0.2, 0) is 0 Å². The molecule has 2 aliphatic heterocycles. The summed E-state index contributed by atoms with van der Waals surface area (Å²) in [6.45, 7) is 3.52. The van der Waals surface area contributed by atoms with E-state index in [0.29, 0.717) is 0 Å². The van der Waals surface area contributed by atoms with Crippen LogP contribution in [0.1, 0.15) is 6.42 Å². The molecule has 11 heavy (non-hydrogen) atoms. The molecule has 0 amide bonds. The molecule has 62 valence electrons. The quantitative estimate of drug-likeness (QED) is 0.531. The Bertz CT molecular complexity index is 184. The third-order valence-electron chi connectivity index (χ3n) is 2.43. The Labute approximate surface area is 71.2 Å². The molecule has 2 aliphatic rings. The van der Waals surface area contributed by atoms with Crippen LogP contribution in [-0.4, -0.2) is 41.6 Å². The fraction of sp³-hybridized carbons (Fsp3) is 0.857. The summed E-state index contributed by atoms with van der Waals surface area (Å²) in [7, 11) is 0. The third kappa shape index (κ3) is 1.37. The number of hydrogen-bond donors (Lipinski definition) is 1. The van der Waals surface area contributed by atoms with Crippen LogP contribution in [0.25, 0.3) is 0 Å². The molecule has 0 aliphatic carbocycles. The number of amidine groups is 1. The highest BCUT2D eigenvalue weighted by atomic mass is 32.2. The monoisotopic (exact) mass is 172 g/mol. The predicted octanol–water partition coefficient (Wildman–Crippen LogP) is 0.226. The summed E-state index contributed by atoms with van der Waals surface area (Å²) in [6.07, 6.45) is 1.00. The summed E-state index contributed by atoms with van der Waals surface area (Å²) in [4.78, 5) is 0. The number of thioether (sulfide) groups is 1. The second-order valence-electron chi connectivity index (χ2n) is 3.22. The summed E-state index contributed by atoms with van der Waals surface area (Å²) < 4.78 is 0.929. The van der Waals surface area contributed by atoms with E-state index in [-0.39, 0.29) is 0 Å². The highest BCUT2D eigenvalue weighted by Crippen LogP contribution is 2.23. The van der Waals surface area contributed by atoms with Gasteiger partial charge in [-0.2, -0.15) is 16.4 Å². The molecule has 0 atom stereocenters. The Morgan fingerprint density at radius 3 is 2.55 bits per heavy atom. The van der Waals surface area contributed by atoms with Crippen molar-refractivity contribution in [2.24, 2.45) is 10.8 Å². The zero-order valence-corrected chi connectivity index (χ0v) is 7.44. The number of hydrogen-bond acceptors (Lipinski definition) is 3. The summed E-state index contributed by atoms with van der Waals surface area (Å²) in [5, 5.41) is 4.50. The average Bonchev–Trinajstić information content (AvgIpc) is 2.34. The lowest BCUT2D eigenvalue weighted by Gasteiger charge is -2.31. The van der Waals surface area contributed by atoms with Gasteiger partial charge in [-0.05, 0) is 0 Å². The zero-order valence-electron chi connectivity index (χ0n) is 6.62. The first kappa shape index (κ1) is 7.43. The SMILES string of the molecule is NC1=N[N+]2(CCSCC2)CC1. The molecule has 2 N–H and O–H groups in total. The highest BCUT2D eigenvalue weighted by molar-refractivity contribution is 7.99. The van der Waals surface area contributed by atoms with Crippen molar-refractivity contribution in [2.75, 3.05) is 31.1 Å². The lowest BCUT2D eigenvalue weighted by atomic mass is 10.4. The zero-order chi connectivity index (χ0) is 7.73. The van der Waals surface area contributed by atoms with E-state index in [1.807, 2.05) is 11.8 Å². The summed E-state index contributed by atoms with van der Waals surface area (Å²) in [5.74, 6) is 3.35. The van der Waals surface area contributed by atoms with E-state index in [1.165, 1.54) is 24.6 Å². The van der Waals surface area contributed by atoms with E-state index in [4.69, 9.17) is 5.73 Å². The van der Waals surface area contributed by atoms with Gasteiger partial charge in [-0.1, -0.05) is 5.10 Å². The summed E-state index contributed by atoms with van der Waals surface area (Å²) >= 11 is 2.03. The number of nitrogens with zero attached hydrogens (tertiary/aromatic N) is 2. The van der Waals surface area contributed by atoms with Crippen molar-refractivity contribution in [2.45, 2.75) is 6.42 Å². The van der Waals surface area contributed by atoms with E-state index >= 15 is 0 Å². The molecule has 0 radical (unpaired) electrons. The van der Waals surface area contributed by atoms with E-state index < -0.39 is 0 Å². The van der Waals surface area contributed by atoms with Crippen LogP contribution in [0.3, 0.4) is 0 Å². The van der Waals surface area contributed by atoms with Crippen LogP contribution < -0.4 is 5.73 Å². The van der Waals surface area contributed by atoms with Crippen LogP contribution in [0.2, 0.25) is 0 Å². The van der Waals surface area contributed by atoms with Gasteiger partial charge in [0, 0.05) is 11.5 Å². The van der Waals surface area contributed by atoms with Gasteiger partial charge >= 0.3 is 0 Å². The Morgan fingerprint density at radius 1 is 1.27 bits per heavy atom. The molecule has 1 saturated heterocycles. The third-order valence-corrected chi connectivity index (χ3v) is 3.37. The van der Waals surface area contributed by atoms with E-state index in [2.05, 4.69) is 5.10 Å². The number of rotatable bonds is 0. The van der Waals surface area contributed by atoms with Crippen LogP contribution in [0.4, 0.5) is 0 Å². The van der Waals surface area contributed by atoms with Gasteiger partial charge in [-0.15, -0.1) is 0 Å². The fourth-order valence-electron chi connectivity index (χ4n) is 1.70. The second kappa shape index (κ2) is 2.68. The molecule has 0 saturated carbocycles. The minimum absolute atomic E-state index is 0.858. The molecule has 1 spiro atoms. The molecule has 0 bridgehead atoms. The van der Waals surface area contributed by atoms with Crippen LogP contribution in [0.15, 0.2) is 5.10 Å². The minimum atomic E-state index is 0.858. The van der Waals surface area contributed by atoms with Crippen molar-refractivity contribution in [3.05, 3.63) is 0 Å². The van der Waals surface area contributed by atoms with Gasteiger partial charge in [-0.3, -0.25) is 0 Å². The summed E-state index contributed by atoms with van der Waals surface area (Å²) in [5.41, 5.74) is 5.67. The van der Waals surface area contributed by atoms with Crippen molar-refractivity contribution < 1.29 is 4.59 Å². The largest absolute Gasteiger partial charge is 0.383 e. The van der Waals surface area contributed by atoms with Crippen molar-refractivity contribution in [1.82, 2.24) is 0 Å². The maximum absolute atomic E-state index is 5.67. The van der Waals surface area contributed by atoms with Crippen molar-refractivity contribution in [1.29, 1.82) is 0 Å². The molecular weight excluding hydrogens is 158 g/mol. The molecule has 0 aromatic rings. The van der Waals surface area contributed by atoms with Gasteiger partial charge in [0.2, 0.25) is 0 Å². The van der Waals surface area contributed by atoms with Gasteiger partial charge in [0.05, 0.1) is 6.42 Å². The Balaban J connectivity index is 2.09. The van der Waals surface area contributed by atoms with Crippen molar-refractivity contribution in [3.63, 3.8) is 0 Å². The van der Waals surface area contributed by atoms with Gasteiger partial charge in [-0.25, -0.2) is 0 Å². The molecular formula is C7H14N3S+. The molecule has 0 unspecified atom stereocenters. The molecule has 3 nitrogen and oxygen atoms in total. The number of nitrogens with two attached hydrogens (primary N) is 1. The Morgan fingerprint density at radius 2 is 2.00 bits per heavy atom. The first-order valence-electron chi connectivity index (χ1n) is 4.09. The van der Waals surface area contributed by atoms with Crippen molar-refractivity contribution >= 4 is 17.6 Å². The second-order valence-corrected chi connectivity index (χ2v) is 4.44. The molecule has 4 heteroatoms. The molecule has 1 fully saturated rings. The molecule has 0 aromatic heterocycles. The summed E-state index contributed by atoms with van der Waals surface area (Å²) in [6, 6.07) is 0.